The molecule has 0 unspecified atom stereocenters. The molecule has 29 heavy (non-hydrogen) atoms. The van der Waals surface area contributed by atoms with Crippen LogP contribution in [-0.4, -0.2) is 47.1 Å². The Morgan fingerprint density at radius 1 is 1.03 bits per heavy atom. The Bertz CT molecular complexity index is 1110. The molecule has 0 spiro atoms. The first-order valence-electron chi connectivity index (χ1n) is 9.63. The molecule has 0 aromatic carbocycles. The lowest BCUT2D eigenvalue weighted by Crippen LogP contribution is -2.30. The first kappa shape index (κ1) is 19.4. The van der Waals surface area contributed by atoms with Gasteiger partial charge in [-0.2, -0.15) is 11.8 Å². The molecule has 0 fully saturated rings. The second-order valence-electron chi connectivity index (χ2n) is 6.79. The molecule has 1 atom stereocenters. The number of nitrogens with zero attached hydrogens (tertiary/aromatic N) is 6. The first-order valence-corrected chi connectivity index (χ1v) is 11.0. The molecule has 4 heterocycles. The van der Waals surface area contributed by atoms with Crippen LogP contribution in [0.4, 0.5) is 0 Å². The highest BCUT2D eigenvalue weighted by Crippen LogP contribution is 2.18. The van der Waals surface area contributed by atoms with Crippen molar-refractivity contribution in [1.29, 1.82) is 0 Å². The van der Waals surface area contributed by atoms with E-state index in [0.29, 0.717) is 19.3 Å². The van der Waals surface area contributed by atoms with Crippen molar-refractivity contribution in [1.82, 2.24) is 34.5 Å². The summed E-state index contributed by atoms with van der Waals surface area (Å²) in [6.07, 6.45) is 8.56. The molecule has 9 heteroatoms. The predicted octanol–water partition coefficient (Wildman–Crippen LogP) is 2.71. The summed E-state index contributed by atoms with van der Waals surface area (Å²) >= 11 is 1.75. The Morgan fingerprint density at radius 3 is 2.55 bits per heavy atom. The maximum Gasteiger partial charge on any atom is 0.220 e. The van der Waals surface area contributed by atoms with Crippen molar-refractivity contribution in [2.75, 3.05) is 12.0 Å². The SMILES string of the molecule is CSCC[C@@H](NC(=O)CCCc1nnc2ccccn12)c1nnc2ccccn12. The van der Waals surface area contributed by atoms with Gasteiger partial charge in [-0.15, -0.1) is 20.4 Å². The van der Waals surface area contributed by atoms with Gasteiger partial charge in [0.25, 0.3) is 0 Å². The van der Waals surface area contributed by atoms with Gasteiger partial charge in [-0.25, -0.2) is 0 Å². The summed E-state index contributed by atoms with van der Waals surface area (Å²) in [7, 11) is 0. The maximum atomic E-state index is 12.6. The van der Waals surface area contributed by atoms with Gasteiger partial charge in [0.15, 0.2) is 17.1 Å². The van der Waals surface area contributed by atoms with Crippen molar-refractivity contribution < 1.29 is 4.79 Å². The van der Waals surface area contributed by atoms with Gasteiger partial charge in [0.2, 0.25) is 5.91 Å². The van der Waals surface area contributed by atoms with E-state index in [4.69, 9.17) is 0 Å². The molecule has 0 aliphatic rings. The van der Waals surface area contributed by atoms with Crippen molar-refractivity contribution in [3.63, 3.8) is 0 Å². The lowest BCUT2D eigenvalue weighted by atomic mass is 10.1. The average Bonchev–Trinajstić information content (AvgIpc) is 3.36. The fourth-order valence-electron chi connectivity index (χ4n) is 3.33. The minimum atomic E-state index is -0.165. The molecule has 4 aromatic heterocycles. The second-order valence-corrected chi connectivity index (χ2v) is 7.77. The summed E-state index contributed by atoms with van der Waals surface area (Å²) in [5.74, 6) is 2.58. The number of pyridine rings is 2. The monoisotopic (exact) mass is 409 g/mol. The highest BCUT2D eigenvalue weighted by atomic mass is 32.2. The fourth-order valence-corrected chi connectivity index (χ4v) is 3.81. The number of hydrogen-bond donors (Lipinski definition) is 1. The van der Waals surface area contributed by atoms with Crippen LogP contribution in [0.2, 0.25) is 0 Å². The van der Waals surface area contributed by atoms with Crippen LogP contribution in [-0.2, 0) is 11.2 Å². The van der Waals surface area contributed by atoms with E-state index in [0.717, 1.165) is 35.1 Å². The highest BCUT2D eigenvalue weighted by molar-refractivity contribution is 7.98. The topological polar surface area (TPSA) is 89.5 Å². The van der Waals surface area contributed by atoms with E-state index >= 15 is 0 Å². The Hall–Kier alpha value is -2.94. The van der Waals surface area contributed by atoms with Gasteiger partial charge >= 0.3 is 0 Å². The Balaban J connectivity index is 1.39. The number of carbonyl (C=O) groups is 1. The number of rotatable bonds is 9. The van der Waals surface area contributed by atoms with Gasteiger partial charge < -0.3 is 5.32 Å². The van der Waals surface area contributed by atoms with Crippen molar-refractivity contribution in [2.45, 2.75) is 31.7 Å². The lowest BCUT2D eigenvalue weighted by molar-refractivity contribution is -0.122. The minimum Gasteiger partial charge on any atom is -0.346 e. The summed E-state index contributed by atoms with van der Waals surface area (Å²) in [5.41, 5.74) is 1.60. The smallest absolute Gasteiger partial charge is 0.220 e. The average molecular weight is 410 g/mol. The number of amides is 1. The fraction of sp³-hybridized carbons (Fsp3) is 0.350. The zero-order valence-corrected chi connectivity index (χ0v) is 17.0. The summed E-state index contributed by atoms with van der Waals surface area (Å²) in [6, 6.07) is 11.4. The standard InChI is InChI=1S/C20H23N7OS/c1-29-14-11-15(20-25-24-18-8-3-5-13-27(18)20)21-19(28)10-6-9-17-23-22-16-7-2-4-12-26(16)17/h2-5,7-8,12-13,15H,6,9-11,14H2,1H3,(H,21,28)/t15-/m1/s1. The second kappa shape index (κ2) is 9.04. The van der Waals surface area contributed by atoms with Gasteiger partial charge in [0.1, 0.15) is 5.82 Å². The molecule has 0 aliphatic carbocycles. The molecule has 150 valence electrons. The Morgan fingerprint density at radius 2 is 1.76 bits per heavy atom. The predicted molar refractivity (Wildman–Crippen MR) is 113 cm³/mol. The number of thioether (sulfide) groups is 1. The molecule has 0 saturated carbocycles. The van der Waals surface area contributed by atoms with Gasteiger partial charge in [-0.05, 0) is 49.1 Å². The van der Waals surface area contributed by atoms with Crippen LogP contribution in [0.5, 0.6) is 0 Å². The van der Waals surface area contributed by atoms with Crippen LogP contribution in [0.3, 0.4) is 0 Å². The van der Waals surface area contributed by atoms with E-state index in [-0.39, 0.29) is 11.9 Å². The summed E-state index contributed by atoms with van der Waals surface area (Å²) in [6.45, 7) is 0. The van der Waals surface area contributed by atoms with Crippen LogP contribution < -0.4 is 5.32 Å². The van der Waals surface area contributed by atoms with Crippen LogP contribution >= 0.6 is 11.8 Å². The number of fused-ring (bicyclic) bond motifs is 2. The Kier molecular flexibility index (Phi) is 6.04. The van der Waals surface area contributed by atoms with Crippen molar-refractivity contribution >= 4 is 29.0 Å². The molecule has 1 N–H and O–H groups in total. The molecule has 0 aliphatic heterocycles. The van der Waals surface area contributed by atoms with Crippen molar-refractivity contribution in [2.24, 2.45) is 0 Å². The highest BCUT2D eigenvalue weighted by Gasteiger charge is 2.20. The first-order chi connectivity index (χ1) is 14.3. The third kappa shape index (κ3) is 4.40. The van der Waals surface area contributed by atoms with Gasteiger partial charge in [0.05, 0.1) is 6.04 Å². The molecule has 4 aromatic rings. The van der Waals surface area contributed by atoms with Crippen molar-refractivity contribution in [3.05, 3.63) is 60.4 Å². The third-order valence-corrected chi connectivity index (χ3v) is 5.43. The molecule has 0 bridgehead atoms. The maximum absolute atomic E-state index is 12.6. The number of hydrogen-bond acceptors (Lipinski definition) is 6. The third-order valence-electron chi connectivity index (χ3n) is 4.79. The zero-order valence-electron chi connectivity index (χ0n) is 16.2. The lowest BCUT2D eigenvalue weighted by Gasteiger charge is -2.17. The number of nitrogens with one attached hydrogen (secondary N) is 1. The molecule has 8 nitrogen and oxygen atoms in total. The molecule has 0 saturated heterocycles. The van der Waals surface area contributed by atoms with Crippen LogP contribution in [0.15, 0.2) is 48.8 Å². The Labute approximate surface area is 172 Å². The van der Waals surface area contributed by atoms with Crippen LogP contribution in [0, 0.1) is 0 Å². The number of carbonyl (C=O) groups excluding carboxylic acids is 1. The number of aryl methyl sites for hydroxylation is 1. The number of aromatic nitrogens is 6. The molecular formula is C20H23N7OS. The summed E-state index contributed by atoms with van der Waals surface area (Å²) in [4.78, 5) is 12.6. The van der Waals surface area contributed by atoms with E-state index in [2.05, 4.69) is 32.0 Å². The molecule has 1 amide bonds. The van der Waals surface area contributed by atoms with Crippen LogP contribution in [0.1, 0.15) is 37.0 Å². The summed E-state index contributed by atoms with van der Waals surface area (Å²) in [5, 5.41) is 20.1. The zero-order chi connectivity index (χ0) is 20.1. The molecular weight excluding hydrogens is 386 g/mol. The normalized spacial score (nSPS) is 12.4. The van der Waals surface area contributed by atoms with Crippen LogP contribution in [0.25, 0.3) is 11.3 Å². The van der Waals surface area contributed by atoms with E-state index in [1.54, 1.807) is 11.8 Å². The van der Waals surface area contributed by atoms with Gasteiger partial charge in [0, 0.05) is 25.2 Å². The summed E-state index contributed by atoms with van der Waals surface area (Å²) < 4.78 is 3.90. The van der Waals surface area contributed by atoms with E-state index in [1.807, 2.05) is 57.6 Å². The van der Waals surface area contributed by atoms with E-state index in [1.165, 1.54) is 0 Å². The minimum absolute atomic E-state index is 0.0117. The largest absolute Gasteiger partial charge is 0.346 e. The van der Waals surface area contributed by atoms with E-state index in [9.17, 15) is 4.79 Å². The molecule has 4 rings (SSSR count). The van der Waals surface area contributed by atoms with Gasteiger partial charge in [-0.3, -0.25) is 13.6 Å². The van der Waals surface area contributed by atoms with Crippen molar-refractivity contribution in [3.8, 4) is 0 Å². The van der Waals surface area contributed by atoms with Gasteiger partial charge in [-0.1, -0.05) is 12.1 Å². The molecule has 0 radical (unpaired) electrons. The quantitative estimate of drug-likeness (QED) is 0.457. The van der Waals surface area contributed by atoms with E-state index < -0.39 is 0 Å².